The van der Waals surface area contributed by atoms with Gasteiger partial charge in [0.25, 0.3) is 0 Å². The Morgan fingerprint density at radius 1 is 0.900 bits per heavy atom. The molecule has 20 heavy (non-hydrogen) atoms. The predicted molar refractivity (Wildman–Crippen MR) is 85.2 cm³/mol. The molecule has 2 heteroatoms. The van der Waals surface area contributed by atoms with E-state index in [1.165, 1.54) is 16.0 Å². The minimum Gasteiger partial charge on any atom is -0.381 e. The van der Waals surface area contributed by atoms with Crippen LogP contribution in [0.3, 0.4) is 0 Å². The quantitative estimate of drug-likeness (QED) is 0.741. The Morgan fingerprint density at radius 2 is 1.60 bits per heavy atom. The maximum atomic E-state index is 5.43. The first-order valence-corrected chi connectivity index (χ1v) is 8.25. The highest BCUT2D eigenvalue weighted by Crippen LogP contribution is 2.29. The second-order valence-electron chi connectivity index (χ2n) is 5.23. The summed E-state index contributed by atoms with van der Waals surface area (Å²) in [6.07, 6.45) is 2.33. The molecule has 2 aromatic rings. The molecular formula is C18H20OS. The summed E-state index contributed by atoms with van der Waals surface area (Å²) < 4.78 is 5.43. The van der Waals surface area contributed by atoms with Gasteiger partial charge in [0.1, 0.15) is 0 Å². The molecule has 0 N–H and O–H groups in total. The van der Waals surface area contributed by atoms with Gasteiger partial charge in [-0.15, -0.1) is 11.8 Å². The molecule has 1 aliphatic rings. The van der Waals surface area contributed by atoms with E-state index in [1.807, 2.05) is 11.8 Å². The molecule has 1 aliphatic heterocycles. The van der Waals surface area contributed by atoms with Gasteiger partial charge in [-0.1, -0.05) is 42.5 Å². The SMILES string of the molecule is c1ccc(CSc2ccc(C3CCOCC3)cc2)cc1. The van der Waals surface area contributed by atoms with Crippen LogP contribution >= 0.6 is 11.8 Å². The van der Waals surface area contributed by atoms with Crippen LogP contribution < -0.4 is 0 Å². The number of benzene rings is 2. The molecule has 0 aliphatic carbocycles. The Balaban J connectivity index is 1.58. The minimum atomic E-state index is 0.692. The molecule has 3 rings (SSSR count). The molecule has 1 heterocycles. The van der Waals surface area contributed by atoms with Crippen molar-refractivity contribution in [2.45, 2.75) is 29.4 Å². The van der Waals surface area contributed by atoms with Crippen LogP contribution in [0.15, 0.2) is 59.5 Å². The molecule has 1 nitrogen and oxygen atoms in total. The lowest BCUT2D eigenvalue weighted by Crippen LogP contribution is -2.13. The molecule has 0 amide bonds. The van der Waals surface area contributed by atoms with E-state index < -0.39 is 0 Å². The number of hydrogen-bond acceptors (Lipinski definition) is 2. The lowest BCUT2D eigenvalue weighted by Gasteiger charge is -2.22. The fourth-order valence-electron chi connectivity index (χ4n) is 2.61. The number of hydrogen-bond donors (Lipinski definition) is 0. The van der Waals surface area contributed by atoms with Gasteiger partial charge in [-0.3, -0.25) is 0 Å². The van der Waals surface area contributed by atoms with Crippen molar-refractivity contribution in [3.63, 3.8) is 0 Å². The zero-order valence-electron chi connectivity index (χ0n) is 11.6. The molecule has 2 aromatic carbocycles. The van der Waals surface area contributed by atoms with Gasteiger partial charge in [-0.2, -0.15) is 0 Å². The van der Waals surface area contributed by atoms with Crippen molar-refractivity contribution in [2.75, 3.05) is 13.2 Å². The van der Waals surface area contributed by atoms with E-state index in [-0.39, 0.29) is 0 Å². The second kappa shape index (κ2) is 6.96. The zero-order chi connectivity index (χ0) is 13.6. The summed E-state index contributed by atoms with van der Waals surface area (Å²) >= 11 is 1.90. The Morgan fingerprint density at radius 3 is 2.30 bits per heavy atom. The third-order valence-corrected chi connectivity index (χ3v) is 4.90. The standard InChI is InChI=1S/C18H20OS/c1-2-4-15(5-3-1)14-20-18-8-6-16(7-9-18)17-10-12-19-13-11-17/h1-9,17H,10-14H2. The molecule has 0 bridgehead atoms. The molecule has 0 atom stereocenters. The average Bonchev–Trinajstić information content (AvgIpc) is 2.55. The fourth-order valence-corrected chi connectivity index (χ4v) is 3.46. The molecule has 0 aromatic heterocycles. The molecule has 0 radical (unpaired) electrons. The molecule has 1 fully saturated rings. The zero-order valence-corrected chi connectivity index (χ0v) is 12.4. The van der Waals surface area contributed by atoms with Crippen LogP contribution in [0.5, 0.6) is 0 Å². The molecule has 0 spiro atoms. The molecule has 0 unspecified atom stereocenters. The maximum absolute atomic E-state index is 5.43. The summed E-state index contributed by atoms with van der Waals surface area (Å²) in [5, 5.41) is 0. The van der Waals surface area contributed by atoms with E-state index in [2.05, 4.69) is 54.6 Å². The van der Waals surface area contributed by atoms with Crippen molar-refractivity contribution in [3.05, 3.63) is 65.7 Å². The van der Waals surface area contributed by atoms with Crippen molar-refractivity contribution >= 4 is 11.8 Å². The van der Waals surface area contributed by atoms with Crippen LogP contribution in [-0.4, -0.2) is 13.2 Å². The number of ether oxygens (including phenoxy) is 1. The van der Waals surface area contributed by atoms with Crippen LogP contribution in [0.25, 0.3) is 0 Å². The second-order valence-corrected chi connectivity index (χ2v) is 6.28. The highest BCUT2D eigenvalue weighted by atomic mass is 32.2. The summed E-state index contributed by atoms with van der Waals surface area (Å²) in [6, 6.07) is 19.8. The Kier molecular flexibility index (Phi) is 4.77. The van der Waals surface area contributed by atoms with Gasteiger partial charge in [0.05, 0.1) is 0 Å². The van der Waals surface area contributed by atoms with E-state index in [0.717, 1.165) is 31.8 Å². The van der Waals surface area contributed by atoms with Crippen molar-refractivity contribution in [1.29, 1.82) is 0 Å². The molecule has 104 valence electrons. The van der Waals surface area contributed by atoms with Crippen LogP contribution in [0.4, 0.5) is 0 Å². The topological polar surface area (TPSA) is 9.23 Å². The lowest BCUT2D eigenvalue weighted by atomic mass is 9.92. The first-order valence-electron chi connectivity index (χ1n) is 7.26. The summed E-state index contributed by atoms with van der Waals surface area (Å²) in [7, 11) is 0. The molecule has 0 saturated carbocycles. The van der Waals surface area contributed by atoms with Crippen LogP contribution in [0.2, 0.25) is 0 Å². The van der Waals surface area contributed by atoms with Gasteiger partial charge in [0.2, 0.25) is 0 Å². The van der Waals surface area contributed by atoms with Crippen molar-refractivity contribution < 1.29 is 4.74 Å². The number of rotatable bonds is 4. The normalized spacial score (nSPS) is 16.2. The largest absolute Gasteiger partial charge is 0.381 e. The molecule has 1 saturated heterocycles. The third kappa shape index (κ3) is 3.65. The van der Waals surface area contributed by atoms with Crippen LogP contribution in [0, 0.1) is 0 Å². The van der Waals surface area contributed by atoms with Crippen molar-refractivity contribution in [3.8, 4) is 0 Å². The lowest BCUT2D eigenvalue weighted by molar-refractivity contribution is 0.0853. The van der Waals surface area contributed by atoms with Gasteiger partial charge in [0, 0.05) is 23.9 Å². The van der Waals surface area contributed by atoms with Gasteiger partial charge in [0.15, 0.2) is 0 Å². The van der Waals surface area contributed by atoms with E-state index in [4.69, 9.17) is 4.74 Å². The average molecular weight is 284 g/mol. The van der Waals surface area contributed by atoms with Crippen molar-refractivity contribution in [1.82, 2.24) is 0 Å². The Labute approximate surface area is 125 Å². The Bertz CT molecular complexity index is 515. The van der Waals surface area contributed by atoms with E-state index in [9.17, 15) is 0 Å². The van der Waals surface area contributed by atoms with Crippen LogP contribution in [0.1, 0.15) is 29.9 Å². The highest BCUT2D eigenvalue weighted by Gasteiger charge is 2.15. The van der Waals surface area contributed by atoms with Crippen LogP contribution in [-0.2, 0) is 10.5 Å². The first kappa shape index (κ1) is 13.7. The summed E-state index contributed by atoms with van der Waals surface area (Å²) in [5.74, 6) is 1.73. The minimum absolute atomic E-state index is 0.692. The van der Waals surface area contributed by atoms with E-state index in [0.29, 0.717) is 5.92 Å². The van der Waals surface area contributed by atoms with Gasteiger partial charge in [-0.25, -0.2) is 0 Å². The molecular weight excluding hydrogens is 264 g/mol. The van der Waals surface area contributed by atoms with Gasteiger partial charge >= 0.3 is 0 Å². The fraction of sp³-hybridized carbons (Fsp3) is 0.333. The summed E-state index contributed by atoms with van der Waals surface area (Å²) in [6.45, 7) is 1.82. The monoisotopic (exact) mass is 284 g/mol. The summed E-state index contributed by atoms with van der Waals surface area (Å²) in [4.78, 5) is 1.35. The van der Waals surface area contributed by atoms with E-state index >= 15 is 0 Å². The number of thioether (sulfide) groups is 1. The highest BCUT2D eigenvalue weighted by molar-refractivity contribution is 7.98. The predicted octanol–water partition coefficient (Wildman–Crippen LogP) is 4.87. The Hall–Kier alpha value is -1.25. The maximum Gasteiger partial charge on any atom is 0.0471 e. The van der Waals surface area contributed by atoms with Gasteiger partial charge in [-0.05, 0) is 42.0 Å². The van der Waals surface area contributed by atoms with Crippen molar-refractivity contribution in [2.24, 2.45) is 0 Å². The smallest absolute Gasteiger partial charge is 0.0471 e. The van der Waals surface area contributed by atoms with Gasteiger partial charge < -0.3 is 4.74 Å². The third-order valence-electron chi connectivity index (χ3n) is 3.82. The summed E-state index contributed by atoms with van der Waals surface area (Å²) in [5.41, 5.74) is 2.85. The van der Waals surface area contributed by atoms with E-state index in [1.54, 1.807) is 0 Å². The first-order chi connectivity index (χ1) is 9.92.